The van der Waals surface area contributed by atoms with Crippen LogP contribution < -0.4 is 10.6 Å². The second-order valence-electron chi connectivity index (χ2n) is 4.20. The summed E-state index contributed by atoms with van der Waals surface area (Å²) >= 11 is 0. The van der Waals surface area contributed by atoms with Crippen molar-refractivity contribution in [3.05, 3.63) is 24.4 Å². The fraction of sp³-hybridized carbons (Fsp3) is 0.500. The first-order chi connectivity index (χ1) is 9.28. The fourth-order valence-electron chi connectivity index (χ4n) is 1.58. The second kappa shape index (κ2) is 6.67. The highest BCUT2D eigenvalue weighted by molar-refractivity contribution is 5.39. The SMILES string of the molecule is CCCNc1nccc(NCCc2ncn(C)n2)n1. The fourth-order valence-corrected chi connectivity index (χ4v) is 1.58. The van der Waals surface area contributed by atoms with Gasteiger partial charge in [-0.05, 0) is 12.5 Å². The van der Waals surface area contributed by atoms with Gasteiger partial charge in [-0.1, -0.05) is 6.92 Å². The lowest BCUT2D eigenvalue weighted by atomic mass is 10.4. The zero-order chi connectivity index (χ0) is 13.5. The van der Waals surface area contributed by atoms with E-state index in [2.05, 4.69) is 37.6 Å². The van der Waals surface area contributed by atoms with E-state index in [0.717, 1.165) is 37.6 Å². The van der Waals surface area contributed by atoms with Crippen LogP contribution in [-0.2, 0) is 13.5 Å². The Hall–Kier alpha value is -2.18. The molecular weight excluding hydrogens is 242 g/mol. The minimum atomic E-state index is 0.655. The van der Waals surface area contributed by atoms with Crippen molar-refractivity contribution in [1.82, 2.24) is 24.7 Å². The van der Waals surface area contributed by atoms with E-state index in [0.29, 0.717) is 5.95 Å². The summed E-state index contributed by atoms with van der Waals surface area (Å²) in [7, 11) is 1.86. The molecule has 2 aromatic rings. The van der Waals surface area contributed by atoms with Gasteiger partial charge in [0.1, 0.15) is 12.1 Å². The molecule has 0 atom stereocenters. The predicted octanol–water partition coefficient (Wildman–Crippen LogP) is 1.08. The molecule has 0 saturated heterocycles. The lowest BCUT2D eigenvalue weighted by molar-refractivity contribution is 0.741. The molecule has 0 bridgehead atoms. The molecule has 0 aliphatic heterocycles. The molecule has 0 unspecified atom stereocenters. The Kier molecular flexibility index (Phi) is 4.66. The maximum absolute atomic E-state index is 4.37. The van der Waals surface area contributed by atoms with Crippen molar-refractivity contribution in [3.63, 3.8) is 0 Å². The molecule has 2 heterocycles. The quantitative estimate of drug-likeness (QED) is 0.776. The molecule has 7 nitrogen and oxygen atoms in total. The topological polar surface area (TPSA) is 80.5 Å². The molecule has 102 valence electrons. The van der Waals surface area contributed by atoms with E-state index in [1.165, 1.54) is 0 Å². The molecule has 0 fully saturated rings. The molecule has 0 radical (unpaired) electrons. The van der Waals surface area contributed by atoms with Crippen molar-refractivity contribution in [3.8, 4) is 0 Å². The Morgan fingerprint density at radius 1 is 1.21 bits per heavy atom. The van der Waals surface area contributed by atoms with E-state index in [1.54, 1.807) is 17.2 Å². The van der Waals surface area contributed by atoms with E-state index in [1.807, 2.05) is 13.1 Å². The molecule has 0 aromatic carbocycles. The highest BCUT2D eigenvalue weighted by atomic mass is 15.3. The number of nitrogens with zero attached hydrogens (tertiary/aromatic N) is 5. The number of anilines is 2. The Morgan fingerprint density at radius 3 is 2.84 bits per heavy atom. The Morgan fingerprint density at radius 2 is 2.11 bits per heavy atom. The highest BCUT2D eigenvalue weighted by Crippen LogP contribution is 2.05. The number of rotatable bonds is 7. The van der Waals surface area contributed by atoms with Crippen LogP contribution in [0.3, 0.4) is 0 Å². The van der Waals surface area contributed by atoms with Gasteiger partial charge in [0.2, 0.25) is 5.95 Å². The number of hydrogen-bond acceptors (Lipinski definition) is 6. The molecule has 0 aliphatic rings. The molecule has 19 heavy (non-hydrogen) atoms. The van der Waals surface area contributed by atoms with Crippen molar-refractivity contribution >= 4 is 11.8 Å². The smallest absolute Gasteiger partial charge is 0.224 e. The Balaban J connectivity index is 1.82. The van der Waals surface area contributed by atoms with Gasteiger partial charge in [-0.15, -0.1) is 0 Å². The van der Waals surface area contributed by atoms with Gasteiger partial charge in [0.15, 0.2) is 5.82 Å². The average Bonchev–Trinajstić information content (AvgIpc) is 2.83. The summed E-state index contributed by atoms with van der Waals surface area (Å²) in [5.74, 6) is 2.29. The molecular formula is C12H19N7. The summed E-state index contributed by atoms with van der Waals surface area (Å²) in [6, 6.07) is 1.85. The van der Waals surface area contributed by atoms with Gasteiger partial charge in [-0.2, -0.15) is 10.1 Å². The van der Waals surface area contributed by atoms with Crippen LogP contribution in [0.4, 0.5) is 11.8 Å². The summed E-state index contributed by atoms with van der Waals surface area (Å²) in [5, 5.41) is 10.6. The second-order valence-corrected chi connectivity index (χ2v) is 4.20. The molecule has 0 aliphatic carbocycles. The summed E-state index contributed by atoms with van der Waals surface area (Å²) in [5.41, 5.74) is 0. The third-order valence-corrected chi connectivity index (χ3v) is 2.49. The molecule has 2 rings (SSSR count). The summed E-state index contributed by atoms with van der Waals surface area (Å²) in [6.07, 6.45) is 5.26. The number of aromatic nitrogens is 5. The van der Waals surface area contributed by atoms with Crippen molar-refractivity contribution in [1.29, 1.82) is 0 Å². The van der Waals surface area contributed by atoms with Crippen molar-refractivity contribution in [2.75, 3.05) is 23.7 Å². The zero-order valence-corrected chi connectivity index (χ0v) is 11.3. The monoisotopic (exact) mass is 261 g/mol. The van der Waals surface area contributed by atoms with Crippen LogP contribution in [0.5, 0.6) is 0 Å². The van der Waals surface area contributed by atoms with Gasteiger partial charge in [-0.3, -0.25) is 4.68 Å². The van der Waals surface area contributed by atoms with Crippen molar-refractivity contribution in [2.45, 2.75) is 19.8 Å². The van der Waals surface area contributed by atoms with Gasteiger partial charge < -0.3 is 10.6 Å². The average molecular weight is 261 g/mol. The normalized spacial score (nSPS) is 10.4. The van der Waals surface area contributed by atoms with Crippen LogP contribution in [0.1, 0.15) is 19.2 Å². The van der Waals surface area contributed by atoms with Crippen molar-refractivity contribution in [2.24, 2.45) is 7.05 Å². The largest absolute Gasteiger partial charge is 0.369 e. The molecule has 0 spiro atoms. The molecule has 2 N–H and O–H groups in total. The van der Waals surface area contributed by atoms with Gasteiger partial charge in [-0.25, -0.2) is 9.97 Å². The summed E-state index contributed by atoms with van der Waals surface area (Å²) < 4.78 is 1.70. The first-order valence-electron chi connectivity index (χ1n) is 6.43. The first-order valence-corrected chi connectivity index (χ1v) is 6.43. The lowest BCUT2D eigenvalue weighted by Crippen LogP contribution is -2.10. The van der Waals surface area contributed by atoms with Gasteiger partial charge >= 0.3 is 0 Å². The van der Waals surface area contributed by atoms with Crippen LogP contribution in [0.15, 0.2) is 18.6 Å². The van der Waals surface area contributed by atoms with Crippen LogP contribution in [0.25, 0.3) is 0 Å². The van der Waals surface area contributed by atoms with E-state index >= 15 is 0 Å². The summed E-state index contributed by atoms with van der Waals surface area (Å²) in [4.78, 5) is 12.7. The Labute approximate surface area is 112 Å². The van der Waals surface area contributed by atoms with E-state index in [-0.39, 0.29) is 0 Å². The van der Waals surface area contributed by atoms with E-state index in [9.17, 15) is 0 Å². The lowest BCUT2D eigenvalue weighted by Gasteiger charge is -2.06. The minimum absolute atomic E-state index is 0.655. The molecule has 0 amide bonds. The maximum Gasteiger partial charge on any atom is 0.224 e. The predicted molar refractivity (Wildman–Crippen MR) is 74.0 cm³/mol. The number of nitrogens with one attached hydrogen (secondary N) is 2. The minimum Gasteiger partial charge on any atom is -0.369 e. The van der Waals surface area contributed by atoms with Gasteiger partial charge in [0.05, 0.1) is 0 Å². The standard InChI is InChI=1S/C12H19N7/c1-3-6-14-12-15-8-4-10(17-12)13-7-5-11-16-9-19(2)18-11/h4,8-9H,3,5-7H2,1-2H3,(H2,13,14,15,17). The van der Waals surface area contributed by atoms with Crippen LogP contribution in [0, 0.1) is 0 Å². The van der Waals surface area contributed by atoms with Crippen LogP contribution in [0.2, 0.25) is 0 Å². The molecule has 2 aromatic heterocycles. The van der Waals surface area contributed by atoms with E-state index < -0.39 is 0 Å². The van der Waals surface area contributed by atoms with E-state index in [4.69, 9.17) is 0 Å². The number of aryl methyl sites for hydroxylation is 1. The highest BCUT2D eigenvalue weighted by Gasteiger charge is 2.00. The molecule has 0 saturated carbocycles. The number of hydrogen-bond donors (Lipinski definition) is 2. The van der Waals surface area contributed by atoms with Gasteiger partial charge in [0.25, 0.3) is 0 Å². The van der Waals surface area contributed by atoms with Crippen molar-refractivity contribution < 1.29 is 0 Å². The van der Waals surface area contributed by atoms with Crippen LogP contribution in [-0.4, -0.2) is 37.8 Å². The van der Waals surface area contributed by atoms with Gasteiger partial charge in [0, 0.05) is 32.8 Å². The van der Waals surface area contributed by atoms with Crippen LogP contribution >= 0.6 is 0 Å². The first kappa shape index (κ1) is 13.3. The third-order valence-electron chi connectivity index (χ3n) is 2.49. The Bertz CT molecular complexity index is 508. The zero-order valence-electron chi connectivity index (χ0n) is 11.3. The third kappa shape index (κ3) is 4.20. The maximum atomic E-state index is 4.37. The summed E-state index contributed by atoms with van der Waals surface area (Å²) in [6.45, 7) is 3.73. The molecule has 7 heteroatoms.